The van der Waals surface area contributed by atoms with Crippen molar-refractivity contribution in [3.05, 3.63) is 35.4 Å². The first-order chi connectivity index (χ1) is 9.34. The molecule has 1 heterocycles. The predicted octanol–water partition coefficient (Wildman–Crippen LogP) is 3.64. The summed E-state index contributed by atoms with van der Waals surface area (Å²) in [4.78, 5) is 2.34. The zero-order valence-corrected chi connectivity index (χ0v) is 11.7. The first kappa shape index (κ1) is 12.7. The number of rotatable bonds is 1. The molecule has 2 aliphatic rings. The fraction of sp³-hybridized carbons (Fsp3) is 0.588. The Morgan fingerprint density at radius 1 is 0.947 bits per heavy atom. The molecule has 3 rings (SSSR count). The van der Waals surface area contributed by atoms with Crippen molar-refractivity contribution >= 4 is 5.84 Å². The monoisotopic (exact) mass is 256 g/mol. The van der Waals surface area contributed by atoms with Gasteiger partial charge in [0.2, 0.25) is 0 Å². The van der Waals surface area contributed by atoms with Gasteiger partial charge in [0.1, 0.15) is 0 Å². The number of hydrogen-bond donors (Lipinski definition) is 1. The van der Waals surface area contributed by atoms with Crippen molar-refractivity contribution in [1.82, 2.24) is 4.90 Å². The minimum absolute atomic E-state index is 0.537. The van der Waals surface area contributed by atoms with E-state index < -0.39 is 0 Å². The number of hydrogen-bond acceptors (Lipinski definition) is 1. The molecule has 0 aromatic heterocycles. The van der Waals surface area contributed by atoms with E-state index in [0.717, 1.165) is 31.8 Å². The Bertz CT molecular complexity index is 419. The summed E-state index contributed by atoms with van der Waals surface area (Å²) in [7, 11) is 0. The third kappa shape index (κ3) is 2.83. The lowest BCUT2D eigenvalue weighted by Crippen LogP contribution is -2.38. The van der Waals surface area contributed by atoms with Gasteiger partial charge in [-0.25, -0.2) is 0 Å². The van der Waals surface area contributed by atoms with Crippen LogP contribution < -0.4 is 0 Å². The molecule has 1 N–H and O–H groups in total. The summed E-state index contributed by atoms with van der Waals surface area (Å²) in [6, 6.07) is 8.79. The maximum absolute atomic E-state index is 8.51. The lowest BCUT2D eigenvalue weighted by Gasteiger charge is -2.31. The van der Waals surface area contributed by atoms with Crippen molar-refractivity contribution in [1.29, 1.82) is 5.41 Å². The Morgan fingerprint density at radius 3 is 2.11 bits per heavy atom. The van der Waals surface area contributed by atoms with Gasteiger partial charge in [-0.15, -0.1) is 0 Å². The molecular formula is C17H24N2. The van der Waals surface area contributed by atoms with E-state index in [1.165, 1.54) is 43.2 Å². The molecule has 0 spiro atoms. The second kappa shape index (κ2) is 5.77. The minimum atomic E-state index is 0.537. The molecule has 0 atom stereocenters. The van der Waals surface area contributed by atoms with Crippen LogP contribution in [0.15, 0.2) is 24.3 Å². The topological polar surface area (TPSA) is 27.1 Å². The molecule has 0 bridgehead atoms. The van der Waals surface area contributed by atoms with E-state index in [1.807, 2.05) is 0 Å². The van der Waals surface area contributed by atoms with Gasteiger partial charge >= 0.3 is 0 Å². The van der Waals surface area contributed by atoms with Crippen LogP contribution in [-0.2, 0) is 12.8 Å². The van der Waals surface area contributed by atoms with E-state index >= 15 is 0 Å². The molecule has 0 saturated heterocycles. The summed E-state index contributed by atoms with van der Waals surface area (Å²) >= 11 is 0. The number of benzene rings is 1. The van der Waals surface area contributed by atoms with Crippen LogP contribution in [-0.4, -0.2) is 23.8 Å². The van der Waals surface area contributed by atoms with Crippen LogP contribution in [0.4, 0.5) is 0 Å². The van der Waals surface area contributed by atoms with E-state index in [9.17, 15) is 0 Å². The van der Waals surface area contributed by atoms with Crippen molar-refractivity contribution in [2.24, 2.45) is 5.92 Å². The highest BCUT2D eigenvalue weighted by Gasteiger charge is 2.24. The average Bonchev–Trinajstić information content (AvgIpc) is 2.70. The summed E-state index contributed by atoms with van der Waals surface area (Å²) in [6.07, 6.45) is 8.69. The standard InChI is InChI=1S/C17H24N2/c18-17(16-8-2-1-3-9-16)19-12-10-14-6-4-5-7-15(14)11-13-19/h4-7,16,18H,1-3,8-13H2. The van der Waals surface area contributed by atoms with Gasteiger partial charge in [-0.2, -0.15) is 0 Å². The molecular weight excluding hydrogens is 232 g/mol. The van der Waals surface area contributed by atoms with Gasteiger partial charge in [-0.1, -0.05) is 43.5 Å². The first-order valence-electron chi connectivity index (χ1n) is 7.75. The Morgan fingerprint density at radius 2 is 1.53 bits per heavy atom. The maximum atomic E-state index is 8.51. The van der Waals surface area contributed by atoms with Crippen LogP contribution in [0, 0.1) is 11.3 Å². The molecule has 1 aliphatic heterocycles. The zero-order valence-electron chi connectivity index (χ0n) is 11.7. The highest BCUT2D eigenvalue weighted by molar-refractivity contribution is 5.81. The van der Waals surface area contributed by atoms with Gasteiger partial charge in [0.25, 0.3) is 0 Å². The van der Waals surface area contributed by atoms with Crippen LogP contribution in [0.1, 0.15) is 43.2 Å². The summed E-state index contributed by atoms with van der Waals surface area (Å²) in [5, 5.41) is 8.51. The third-order valence-corrected chi connectivity index (χ3v) is 4.75. The van der Waals surface area contributed by atoms with E-state index in [-0.39, 0.29) is 0 Å². The molecule has 2 heteroatoms. The molecule has 1 aromatic rings. The van der Waals surface area contributed by atoms with E-state index in [4.69, 9.17) is 5.41 Å². The fourth-order valence-electron chi connectivity index (χ4n) is 3.54. The van der Waals surface area contributed by atoms with E-state index in [2.05, 4.69) is 29.2 Å². The van der Waals surface area contributed by atoms with Gasteiger partial charge in [0.15, 0.2) is 0 Å². The zero-order chi connectivity index (χ0) is 13.1. The Balaban J connectivity index is 1.66. The molecule has 1 saturated carbocycles. The van der Waals surface area contributed by atoms with Gasteiger partial charge in [-0.05, 0) is 36.8 Å². The quantitative estimate of drug-likeness (QED) is 0.602. The number of nitrogens with one attached hydrogen (secondary N) is 1. The largest absolute Gasteiger partial charge is 0.360 e. The van der Waals surface area contributed by atoms with Crippen molar-refractivity contribution in [3.63, 3.8) is 0 Å². The third-order valence-electron chi connectivity index (χ3n) is 4.75. The SMILES string of the molecule is N=C(C1CCCCC1)N1CCc2ccccc2CC1. The predicted molar refractivity (Wildman–Crippen MR) is 79.7 cm³/mol. The normalized spacial score (nSPS) is 20.7. The minimum Gasteiger partial charge on any atom is -0.360 e. The highest BCUT2D eigenvalue weighted by Crippen LogP contribution is 2.26. The van der Waals surface area contributed by atoms with Crippen LogP contribution in [0.2, 0.25) is 0 Å². The van der Waals surface area contributed by atoms with Gasteiger partial charge in [-0.3, -0.25) is 5.41 Å². The average molecular weight is 256 g/mol. The Labute approximate surface area is 116 Å². The van der Waals surface area contributed by atoms with Crippen LogP contribution in [0.25, 0.3) is 0 Å². The van der Waals surface area contributed by atoms with Crippen molar-refractivity contribution < 1.29 is 0 Å². The van der Waals surface area contributed by atoms with Crippen molar-refractivity contribution in [3.8, 4) is 0 Å². The molecule has 1 fully saturated rings. The van der Waals surface area contributed by atoms with E-state index in [0.29, 0.717) is 5.92 Å². The molecule has 102 valence electrons. The summed E-state index contributed by atoms with van der Waals surface area (Å²) < 4.78 is 0. The molecule has 0 unspecified atom stereocenters. The summed E-state index contributed by atoms with van der Waals surface area (Å²) in [5.41, 5.74) is 2.97. The molecule has 19 heavy (non-hydrogen) atoms. The molecule has 1 aliphatic carbocycles. The molecule has 0 radical (unpaired) electrons. The molecule has 0 amide bonds. The maximum Gasteiger partial charge on any atom is 0.0989 e. The van der Waals surface area contributed by atoms with Crippen LogP contribution in [0.3, 0.4) is 0 Å². The Hall–Kier alpha value is -1.31. The van der Waals surface area contributed by atoms with Crippen molar-refractivity contribution in [2.75, 3.05) is 13.1 Å². The van der Waals surface area contributed by atoms with Crippen molar-refractivity contribution in [2.45, 2.75) is 44.9 Å². The second-order valence-electron chi connectivity index (χ2n) is 5.98. The van der Waals surface area contributed by atoms with Gasteiger partial charge in [0, 0.05) is 19.0 Å². The second-order valence-corrected chi connectivity index (χ2v) is 5.98. The number of amidine groups is 1. The number of fused-ring (bicyclic) bond motifs is 1. The lowest BCUT2D eigenvalue weighted by atomic mass is 9.88. The fourth-order valence-corrected chi connectivity index (χ4v) is 3.54. The first-order valence-corrected chi connectivity index (χ1v) is 7.75. The lowest BCUT2D eigenvalue weighted by molar-refractivity contribution is 0.361. The summed E-state index contributed by atoms with van der Waals surface area (Å²) in [5.74, 6) is 1.46. The van der Waals surface area contributed by atoms with Crippen LogP contribution >= 0.6 is 0 Å². The Kier molecular flexibility index (Phi) is 3.86. The van der Waals surface area contributed by atoms with Gasteiger partial charge < -0.3 is 4.90 Å². The summed E-state index contributed by atoms with van der Waals surface area (Å²) in [6.45, 7) is 2.07. The number of nitrogens with zero attached hydrogens (tertiary/aromatic N) is 1. The van der Waals surface area contributed by atoms with Crippen LogP contribution in [0.5, 0.6) is 0 Å². The van der Waals surface area contributed by atoms with E-state index in [1.54, 1.807) is 0 Å². The highest BCUT2D eigenvalue weighted by atomic mass is 15.2. The smallest absolute Gasteiger partial charge is 0.0989 e. The van der Waals surface area contributed by atoms with Gasteiger partial charge in [0.05, 0.1) is 5.84 Å². The molecule has 1 aromatic carbocycles. The molecule has 2 nitrogen and oxygen atoms in total.